The highest BCUT2D eigenvalue weighted by Gasteiger charge is 2.21. The van der Waals surface area contributed by atoms with Gasteiger partial charge in [0.1, 0.15) is 0 Å². The Bertz CT molecular complexity index is 364. The van der Waals surface area contributed by atoms with Crippen LogP contribution in [0.4, 0.5) is 0 Å². The normalized spacial score (nSPS) is 20.4. The van der Waals surface area contributed by atoms with Gasteiger partial charge in [-0.2, -0.15) is 0 Å². The third-order valence-electron chi connectivity index (χ3n) is 3.76. The molecule has 0 aliphatic heterocycles. The van der Waals surface area contributed by atoms with E-state index < -0.39 is 0 Å². The van der Waals surface area contributed by atoms with Gasteiger partial charge < -0.3 is 4.74 Å². The predicted molar refractivity (Wildman–Crippen MR) is 80.3 cm³/mol. The molecule has 0 saturated carbocycles. The lowest BCUT2D eigenvalue weighted by atomic mass is 9.89. The van der Waals surface area contributed by atoms with Gasteiger partial charge in [-0.1, -0.05) is 53.5 Å². The fourth-order valence-electron chi connectivity index (χ4n) is 2.75. The first kappa shape index (κ1) is 14.1. The van der Waals surface area contributed by atoms with Gasteiger partial charge in [0.15, 0.2) is 0 Å². The van der Waals surface area contributed by atoms with Crippen molar-refractivity contribution in [1.82, 2.24) is 0 Å². The van der Waals surface area contributed by atoms with Gasteiger partial charge in [0.05, 0.1) is 12.7 Å². The van der Waals surface area contributed by atoms with Crippen LogP contribution in [0.3, 0.4) is 0 Å². The zero-order valence-electron chi connectivity index (χ0n) is 11.2. The van der Waals surface area contributed by atoms with Gasteiger partial charge in [0, 0.05) is 5.33 Å². The second-order valence-electron chi connectivity index (χ2n) is 5.22. The summed E-state index contributed by atoms with van der Waals surface area (Å²) in [4.78, 5) is 0. The number of benzene rings is 1. The summed E-state index contributed by atoms with van der Waals surface area (Å²) in [5.41, 5.74) is 2.91. The van der Waals surface area contributed by atoms with Crippen LogP contribution in [0.25, 0.3) is 0 Å². The Morgan fingerprint density at radius 2 is 2.22 bits per heavy atom. The molecule has 2 rings (SSSR count). The number of fused-ring (bicyclic) bond motifs is 1. The molecule has 0 heterocycles. The zero-order chi connectivity index (χ0) is 12.8. The lowest BCUT2D eigenvalue weighted by Crippen LogP contribution is -2.18. The van der Waals surface area contributed by atoms with Crippen molar-refractivity contribution in [3.8, 4) is 0 Å². The van der Waals surface area contributed by atoms with Crippen LogP contribution in [0.15, 0.2) is 24.3 Å². The van der Waals surface area contributed by atoms with E-state index in [1.165, 1.54) is 43.2 Å². The first-order valence-corrected chi connectivity index (χ1v) is 8.22. The molecule has 18 heavy (non-hydrogen) atoms. The number of ether oxygens (including phenoxy) is 1. The summed E-state index contributed by atoms with van der Waals surface area (Å²) < 4.78 is 6.18. The Balaban J connectivity index is 1.94. The third-order valence-corrected chi connectivity index (χ3v) is 4.68. The molecule has 2 heteroatoms. The smallest absolute Gasteiger partial charge is 0.0827 e. The van der Waals surface area contributed by atoms with E-state index in [4.69, 9.17) is 4.74 Å². The predicted octanol–water partition coefficient (Wildman–Crippen LogP) is 4.89. The lowest BCUT2D eigenvalue weighted by Gasteiger charge is -2.27. The Morgan fingerprint density at radius 1 is 1.39 bits per heavy atom. The first-order valence-electron chi connectivity index (χ1n) is 7.10. The van der Waals surface area contributed by atoms with Gasteiger partial charge in [-0.05, 0) is 42.7 Å². The largest absolute Gasteiger partial charge is 0.373 e. The van der Waals surface area contributed by atoms with Crippen molar-refractivity contribution < 1.29 is 4.74 Å². The molecule has 0 fully saturated rings. The molecule has 0 radical (unpaired) electrons. The minimum absolute atomic E-state index is 0.327. The van der Waals surface area contributed by atoms with E-state index in [1.54, 1.807) is 0 Å². The average molecular weight is 311 g/mol. The van der Waals surface area contributed by atoms with E-state index in [0.717, 1.165) is 11.9 Å². The number of hydrogen-bond acceptors (Lipinski definition) is 1. The van der Waals surface area contributed by atoms with Crippen molar-refractivity contribution in [2.24, 2.45) is 5.92 Å². The maximum absolute atomic E-state index is 6.18. The van der Waals surface area contributed by atoms with Crippen LogP contribution in [0, 0.1) is 5.92 Å². The molecular weight excluding hydrogens is 288 g/mol. The van der Waals surface area contributed by atoms with Gasteiger partial charge in [0.2, 0.25) is 0 Å². The quantitative estimate of drug-likeness (QED) is 0.680. The summed E-state index contributed by atoms with van der Waals surface area (Å²) in [6.45, 7) is 3.13. The Hall–Kier alpha value is -0.340. The summed E-state index contributed by atoms with van der Waals surface area (Å²) in [6, 6.07) is 8.76. The van der Waals surface area contributed by atoms with Crippen molar-refractivity contribution in [3.05, 3.63) is 35.4 Å². The Morgan fingerprint density at radius 3 is 3.00 bits per heavy atom. The van der Waals surface area contributed by atoms with E-state index in [-0.39, 0.29) is 0 Å². The minimum atomic E-state index is 0.327. The number of rotatable bonds is 6. The molecular formula is C16H23BrO. The number of aryl methyl sites for hydroxylation is 1. The molecule has 100 valence electrons. The van der Waals surface area contributed by atoms with Crippen molar-refractivity contribution in [2.75, 3.05) is 11.9 Å². The second kappa shape index (κ2) is 7.30. The highest BCUT2D eigenvalue weighted by Crippen LogP contribution is 2.32. The SMILES string of the molecule is CCCC(CBr)COC1CCCc2ccccc21. The maximum atomic E-state index is 6.18. The van der Waals surface area contributed by atoms with E-state index in [9.17, 15) is 0 Å². The van der Waals surface area contributed by atoms with Gasteiger partial charge in [0.25, 0.3) is 0 Å². The van der Waals surface area contributed by atoms with Gasteiger partial charge in [-0.25, -0.2) is 0 Å². The van der Waals surface area contributed by atoms with Crippen LogP contribution in [0.2, 0.25) is 0 Å². The lowest BCUT2D eigenvalue weighted by molar-refractivity contribution is 0.0206. The summed E-state index contributed by atoms with van der Waals surface area (Å²) >= 11 is 3.59. The number of hydrogen-bond donors (Lipinski definition) is 0. The van der Waals surface area contributed by atoms with Gasteiger partial charge in [-0.15, -0.1) is 0 Å². The Kier molecular flexibility index (Phi) is 5.71. The molecule has 1 aromatic carbocycles. The van der Waals surface area contributed by atoms with E-state index >= 15 is 0 Å². The highest BCUT2D eigenvalue weighted by molar-refractivity contribution is 9.09. The van der Waals surface area contributed by atoms with Crippen LogP contribution < -0.4 is 0 Å². The standard InChI is InChI=1S/C16H23BrO/c1-2-6-13(11-17)12-18-16-10-5-8-14-7-3-4-9-15(14)16/h3-4,7,9,13,16H,2,5-6,8,10-12H2,1H3. The Labute approximate surface area is 119 Å². The monoisotopic (exact) mass is 310 g/mol. The molecule has 0 spiro atoms. The molecule has 1 aliphatic rings. The van der Waals surface area contributed by atoms with Crippen LogP contribution in [-0.4, -0.2) is 11.9 Å². The second-order valence-corrected chi connectivity index (χ2v) is 5.87. The summed E-state index contributed by atoms with van der Waals surface area (Å²) in [6.07, 6.45) is 6.47. The molecule has 1 aliphatic carbocycles. The molecule has 0 aromatic heterocycles. The fraction of sp³-hybridized carbons (Fsp3) is 0.625. The van der Waals surface area contributed by atoms with E-state index in [0.29, 0.717) is 12.0 Å². The first-order chi connectivity index (χ1) is 8.85. The molecule has 1 nitrogen and oxygen atoms in total. The van der Waals surface area contributed by atoms with Crippen molar-refractivity contribution in [1.29, 1.82) is 0 Å². The molecule has 0 saturated heterocycles. The summed E-state index contributed by atoms with van der Waals surface area (Å²) in [5.74, 6) is 0.657. The molecule has 1 aromatic rings. The van der Waals surface area contributed by atoms with Crippen LogP contribution in [-0.2, 0) is 11.2 Å². The highest BCUT2D eigenvalue weighted by atomic mass is 79.9. The number of halogens is 1. The van der Waals surface area contributed by atoms with Crippen LogP contribution >= 0.6 is 15.9 Å². The van der Waals surface area contributed by atoms with Gasteiger partial charge in [-0.3, -0.25) is 0 Å². The maximum Gasteiger partial charge on any atom is 0.0827 e. The topological polar surface area (TPSA) is 9.23 Å². The fourth-order valence-corrected chi connectivity index (χ4v) is 3.26. The van der Waals surface area contributed by atoms with E-state index in [2.05, 4.69) is 47.1 Å². The average Bonchev–Trinajstić information content (AvgIpc) is 2.43. The van der Waals surface area contributed by atoms with Gasteiger partial charge >= 0.3 is 0 Å². The number of alkyl halides is 1. The van der Waals surface area contributed by atoms with Crippen molar-refractivity contribution in [3.63, 3.8) is 0 Å². The molecule has 0 amide bonds. The van der Waals surface area contributed by atoms with Crippen molar-refractivity contribution >= 4 is 15.9 Å². The third kappa shape index (κ3) is 3.58. The molecule has 2 unspecified atom stereocenters. The van der Waals surface area contributed by atoms with E-state index in [1.807, 2.05) is 0 Å². The molecule has 0 N–H and O–H groups in total. The van der Waals surface area contributed by atoms with Crippen LogP contribution in [0.1, 0.15) is 49.8 Å². The minimum Gasteiger partial charge on any atom is -0.373 e. The van der Waals surface area contributed by atoms with Crippen molar-refractivity contribution in [2.45, 2.75) is 45.1 Å². The van der Waals surface area contributed by atoms with Crippen LogP contribution in [0.5, 0.6) is 0 Å². The summed E-state index contributed by atoms with van der Waals surface area (Å²) in [7, 11) is 0. The summed E-state index contributed by atoms with van der Waals surface area (Å²) in [5, 5.41) is 1.05. The molecule has 2 atom stereocenters. The zero-order valence-corrected chi connectivity index (χ0v) is 12.8. The molecule has 0 bridgehead atoms.